The molecule has 100 valence electrons. The summed E-state index contributed by atoms with van der Waals surface area (Å²) >= 11 is 5.04. The van der Waals surface area contributed by atoms with E-state index in [-0.39, 0.29) is 0 Å². The van der Waals surface area contributed by atoms with Crippen LogP contribution in [0.15, 0.2) is 53.4 Å². The normalized spacial score (nSPS) is 12.4. The van der Waals surface area contributed by atoms with Crippen LogP contribution in [0.5, 0.6) is 0 Å². The van der Waals surface area contributed by atoms with Crippen LogP contribution in [-0.2, 0) is 0 Å². The zero-order chi connectivity index (χ0) is 13.7. The Hall–Kier alpha value is -0.870. The lowest BCUT2D eigenvalue weighted by Crippen LogP contribution is -2.03. The SMILES string of the molecule is Fc1ccc(SCC(CBr)c2ccccc2)cc1F. The maximum Gasteiger partial charge on any atom is 0.159 e. The first-order valence-corrected chi connectivity index (χ1v) is 8.00. The van der Waals surface area contributed by atoms with E-state index in [0.717, 1.165) is 16.0 Å². The summed E-state index contributed by atoms with van der Waals surface area (Å²) in [7, 11) is 0. The molecule has 0 radical (unpaired) electrons. The molecule has 0 saturated carbocycles. The third-order valence-corrected chi connectivity index (χ3v) is 4.74. The number of hydrogen-bond donors (Lipinski definition) is 0. The second kappa shape index (κ2) is 7.06. The summed E-state index contributed by atoms with van der Waals surface area (Å²) in [6, 6.07) is 14.2. The summed E-state index contributed by atoms with van der Waals surface area (Å²) in [4.78, 5) is 0.751. The Morgan fingerprint density at radius 2 is 1.74 bits per heavy atom. The average Bonchev–Trinajstić information content (AvgIpc) is 2.44. The van der Waals surface area contributed by atoms with Gasteiger partial charge in [0.15, 0.2) is 11.6 Å². The van der Waals surface area contributed by atoms with Crippen molar-refractivity contribution < 1.29 is 8.78 Å². The molecule has 0 amide bonds. The van der Waals surface area contributed by atoms with E-state index in [0.29, 0.717) is 5.92 Å². The summed E-state index contributed by atoms with van der Waals surface area (Å²) in [5.41, 5.74) is 1.24. The largest absolute Gasteiger partial charge is 0.204 e. The molecule has 0 aliphatic carbocycles. The molecule has 1 atom stereocenters. The van der Waals surface area contributed by atoms with E-state index in [1.165, 1.54) is 29.5 Å². The lowest BCUT2D eigenvalue weighted by atomic mass is 10.0. The van der Waals surface area contributed by atoms with Gasteiger partial charge in [-0.2, -0.15) is 0 Å². The predicted octanol–water partition coefficient (Wildman–Crippen LogP) is 5.24. The van der Waals surface area contributed by atoms with Gasteiger partial charge in [0.1, 0.15) is 0 Å². The molecule has 1 unspecified atom stereocenters. The summed E-state index contributed by atoms with van der Waals surface area (Å²) in [5, 5.41) is 0.841. The van der Waals surface area contributed by atoms with Crippen molar-refractivity contribution in [1.29, 1.82) is 0 Å². The monoisotopic (exact) mass is 342 g/mol. The number of halogens is 3. The van der Waals surface area contributed by atoms with Crippen molar-refractivity contribution in [1.82, 2.24) is 0 Å². The van der Waals surface area contributed by atoms with Crippen LogP contribution in [0.2, 0.25) is 0 Å². The van der Waals surface area contributed by atoms with Crippen LogP contribution >= 0.6 is 27.7 Å². The smallest absolute Gasteiger partial charge is 0.159 e. The molecule has 19 heavy (non-hydrogen) atoms. The molecule has 0 bridgehead atoms. The van der Waals surface area contributed by atoms with E-state index in [9.17, 15) is 8.78 Å². The molecule has 0 heterocycles. The van der Waals surface area contributed by atoms with Gasteiger partial charge < -0.3 is 0 Å². The Morgan fingerprint density at radius 3 is 2.37 bits per heavy atom. The van der Waals surface area contributed by atoms with Crippen LogP contribution in [0.4, 0.5) is 8.78 Å². The molecule has 0 N–H and O–H groups in total. The van der Waals surface area contributed by atoms with Crippen LogP contribution in [0.25, 0.3) is 0 Å². The molecule has 0 fully saturated rings. The fourth-order valence-corrected chi connectivity index (χ4v) is 3.68. The highest BCUT2D eigenvalue weighted by Crippen LogP contribution is 2.28. The molecular formula is C15H13BrF2S. The fraction of sp³-hybridized carbons (Fsp3) is 0.200. The van der Waals surface area contributed by atoms with E-state index in [4.69, 9.17) is 0 Å². The van der Waals surface area contributed by atoms with Gasteiger partial charge in [0.05, 0.1) is 0 Å². The summed E-state index contributed by atoms with van der Waals surface area (Å²) < 4.78 is 25.9. The van der Waals surface area contributed by atoms with Crippen LogP contribution < -0.4 is 0 Å². The molecule has 0 aliphatic rings. The third kappa shape index (κ3) is 4.05. The lowest BCUT2D eigenvalue weighted by molar-refractivity contribution is 0.506. The van der Waals surface area contributed by atoms with Crippen molar-refractivity contribution in [2.75, 3.05) is 11.1 Å². The molecule has 0 saturated heterocycles. The highest BCUT2D eigenvalue weighted by molar-refractivity contribution is 9.09. The maximum absolute atomic E-state index is 13.1. The molecular weight excluding hydrogens is 330 g/mol. The average molecular weight is 343 g/mol. The summed E-state index contributed by atoms with van der Waals surface area (Å²) in [6.07, 6.45) is 0. The molecule has 0 aliphatic heterocycles. The minimum atomic E-state index is -0.801. The Morgan fingerprint density at radius 1 is 1.00 bits per heavy atom. The number of thioether (sulfide) groups is 1. The van der Waals surface area contributed by atoms with Gasteiger partial charge in [-0.3, -0.25) is 0 Å². The van der Waals surface area contributed by atoms with E-state index in [1.807, 2.05) is 18.2 Å². The lowest BCUT2D eigenvalue weighted by Gasteiger charge is -2.14. The van der Waals surface area contributed by atoms with Crippen molar-refractivity contribution >= 4 is 27.7 Å². The van der Waals surface area contributed by atoms with Crippen molar-refractivity contribution in [3.05, 3.63) is 65.7 Å². The standard InChI is InChI=1S/C15H13BrF2S/c16-9-12(11-4-2-1-3-5-11)10-19-13-6-7-14(17)15(18)8-13/h1-8,12H,9-10H2. The van der Waals surface area contributed by atoms with Crippen molar-refractivity contribution in [3.63, 3.8) is 0 Å². The Kier molecular flexibility index (Phi) is 5.40. The summed E-state index contributed by atoms with van der Waals surface area (Å²) in [6.45, 7) is 0. The van der Waals surface area contributed by atoms with Gasteiger partial charge in [0, 0.05) is 21.9 Å². The van der Waals surface area contributed by atoms with Gasteiger partial charge in [-0.25, -0.2) is 8.78 Å². The number of alkyl halides is 1. The molecule has 0 aromatic heterocycles. The first kappa shape index (κ1) is 14.5. The molecule has 0 nitrogen and oxygen atoms in total. The zero-order valence-corrected chi connectivity index (χ0v) is 12.6. The maximum atomic E-state index is 13.1. The quantitative estimate of drug-likeness (QED) is 0.529. The summed E-state index contributed by atoms with van der Waals surface area (Å²) in [5.74, 6) is -0.427. The number of hydrogen-bond acceptors (Lipinski definition) is 1. The Bertz CT molecular complexity index is 531. The van der Waals surface area contributed by atoms with Gasteiger partial charge >= 0.3 is 0 Å². The predicted molar refractivity (Wildman–Crippen MR) is 80.1 cm³/mol. The van der Waals surface area contributed by atoms with Crippen molar-refractivity contribution in [2.24, 2.45) is 0 Å². The second-order valence-electron chi connectivity index (χ2n) is 4.15. The first-order valence-electron chi connectivity index (χ1n) is 5.89. The van der Waals surface area contributed by atoms with E-state index >= 15 is 0 Å². The van der Waals surface area contributed by atoms with Crippen LogP contribution in [0.3, 0.4) is 0 Å². The van der Waals surface area contributed by atoms with Crippen LogP contribution in [0.1, 0.15) is 11.5 Å². The van der Waals surface area contributed by atoms with E-state index in [1.54, 1.807) is 6.07 Å². The van der Waals surface area contributed by atoms with Gasteiger partial charge in [0.2, 0.25) is 0 Å². The highest BCUT2D eigenvalue weighted by Gasteiger charge is 2.11. The second-order valence-corrected chi connectivity index (χ2v) is 5.89. The van der Waals surface area contributed by atoms with Gasteiger partial charge in [-0.1, -0.05) is 46.3 Å². The van der Waals surface area contributed by atoms with Crippen molar-refractivity contribution in [3.8, 4) is 0 Å². The molecule has 2 aromatic carbocycles. The first-order chi connectivity index (χ1) is 9.20. The minimum Gasteiger partial charge on any atom is -0.204 e. The number of benzene rings is 2. The highest BCUT2D eigenvalue weighted by atomic mass is 79.9. The number of rotatable bonds is 5. The molecule has 2 aromatic rings. The van der Waals surface area contributed by atoms with Gasteiger partial charge in [0.25, 0.3) is 0 Å². The van der Waals surface area contributed by atoms with Gasteiger partial charge in [-0.05, 0) is 23.8 Å². The Balaban J connectivity index is 2.02. The minimum absolute atomic E-state index is 0.347. The van der Waals surface area contributed by atoms with Crippen LogP contribution in [-0.4, -0.2) is 11.1 Å². The van der Waals surface area contributed by atoms with Crippen LogP contribution in [0, 0.1) is 11.6 Å². The topological polar surface area (TPSA) is 0 Å². The van der Waals surface area contributed by atoms with E-state index in [2.05, 4.69) is 28.1 Å². The molecule has 2 rings (SSSR count). The zero-order valence-electron chi connectivity index (χ0n) is 10.2. The van der Waals surface area contributed by atoms with Gasteiger partial charge in [-0.15, -0.1) is 11.8 Å². The van der Waals surface area contributed by atoms with Crippen molar-refractivity contribution in [2.45, 2.75) is 10.8 Å². The molecule has 0 spiro atoms. The Labute approximate surface area is 124 Å². The fourth-order valence-electron chi connectivity index (χ4n) is 1.72. The molecule has 4 heteroatoms. The van der Waals surface area contributed by atoms with E-state index < -0.39 is 11.6 Å². The third-order valence-electron chi connectivity index (χ3n) is 2.80.